The zero-order valence-electron chi connectivity index (χ0n) is 20.4. The van der Waals surface area contributed by atoms with Crippen molar-refractivity contribution in [2.75, 3.05) is 11.4 Å². The van der Waals surface area contributed by atoms with Gasteiger partial charge in [0.15, 0.2) is 5.13 Å². The molecule has 0 fully saturated rings. The second-order valence-electron chi connectivity index (χ2n) is 8.60. The van der Waals surface area contributed by atoms with Crippen LogP contribution in [0.2, 0.25) is 5.02 Å². The zero-order valence-corrected chi connectivity index (χ0v) is 22.0. The molecule has 0 atom stereocenters. The lowest BCUT2D eigenvalue weighted by atomic mass is 10.1. The first-order valence-corrected chi connectivity index (χ1v) is 13.3. The normalized spacial score (nSPS) is 10.8. The average Bonchev–Trinajstić information content (AvgIpc) is 3.40. The van der Waals surface area contributed by atoms with Crippen LogP contribution in [-0.2, 0) is 13.1 Å². The highest BCUT2D eigenvalue weighted by Crippen LogP contribution is 2.30. The summed E-state index contributed by atoms with van der Waals surface area (Å²) in [5.74, 6) is -0.137. The molecule has 190 valence electrons. The summed E-state index contributed by atoms with van der Waals surface area (Å²) >= 11 is 7.57. The number of thiazole rings is 1. The van der Waals surface area contributed by atoms with E-state index in [1.165, 1.54) is 12.1 Å². The predicted molar refractivity (Wildman–Crippen MR) is 149 cm³/mol. The summed E-state index contributed by atoms with van der Waals surface area (Å²) in [6, 6.07) is 21.5. The Morgan fingerprint density at radius 1 is 1.08 bits per heavy atom. The molecule has 1 heterocycles. The Kier molecular flexibility index (Phi) is 8.87. The summed E-state index contributed by atoms with van der Waals surface area (Å²) in [4.78, 5) is 30.2. The van der Waals surface area contributed by atoms with Gasteiger partial charge in [-0.05, 0) is 53.9 Å². The lowest BCUT2D eigenvalue weighted by Crippen LogP contribution is -2.24. The summed E-state index contributed by atoms with van der Waals surface area (Å²) in [5.41, 5.74) is 4.32. The first kappa shape index (κ1) is 26.3. The van der Waals surface area contributed by atoms with Gasteiger partial charge in [0.05, 0.1) is 10.6 Å². The molecule has 3 aromatic carbocycles. The number of carbonyl (C=O) groups excluding carboxylic acids is 1. The second kappa shape index (κ2) is 12.5. The first-order valence-electron chi connectivity index (χ1n) is 12.0. The van der Waals surface area contributed by atoms with Gasteiger partial charge in [-0.25, -0.2) is 4.98 Å². The number of nitrogens with zero attached hydrogens (tertiary/aromatic N) is 3. The van der Waals surface area contributed by atoms with Crippen LogP contribution in [0, 0.1) is 10.1 Å². The Morgan fingerprint density at radius 2 is 1.84 bits per heavy atom. The van der Waals surface area contributed by atoms with Gasteiger partial charge >= 0.3 is 0 Å². The van der Waals surface area contributed by atoms with E-state index >= 15 is 0 Å². The van der Waals surface area contributed by atoms with E-state index in [9.17, 15) is 14.9 Å². The van der Waals surface area contributed by atoms with Gasteiger partial charge in [-0.3, -0.25) is 14.9 Å². The minimum absolute atomic E-state index is 0.0605. The van der Waals surface area contributed by atoms with E-state index in [-0.39, 0.29) is 11.6 Å². The molecule has 0 radical (unpaired) electrons. The average molecular weight is 535 g/mol. The maximum Gasteiger partial charge on any atom is 0.269 e. The van der Waals surface area contributed by atoms with E-state index < -0.39 is 4.92 Å². The number of nitro benzene ring substituents is 1. The number of hydrogen-bond acceptors (Lipinski definition) is 6. The maximum atomic E-state index is 12.6. The van der Waals surface area contributed by atoms with Crippen LogP contribution >= 0.6 is 22.9 Å². The molecule has 4 aromatic rings. The number of non-ortho nitro benzene ring substituents is 1. The summed E-state index contributed by atoms with van der Waals surface area (Å²) in [6.45, 7) is 4.08. The molecule has 0 saturated carbocycles. The topological polar surface area (TPSA) is 88.4 Å². The molecule has 1 aromatic heterocycles. The van der Waals surface area contributed by atoms with Crippen LogP contribution in [0.3, 0.4) is 0 Å². The fraction of sp³-hybridized carbons (Fsp3) is 0.214. The molecule has 7 nitrogen and oxygen atoms in total. The fourth-order valence-electron chi connectivity index (χ4n) is 3.80. The third kappa shape index (κ3) is 7.15. The second-order valence-corrected chi connectivity index (χ2v) is 9.88. The van der Waals surface area contributed by atoms with Crippen LogP contribution in [0.25, 0.3) is 11.3 Å². The van der Waals surface area contributed by atoms with Crippen molar-refractivity contribution in [2.45, 2.75) is 32.9 Å². The van der Waals surface area contributed by atoms with E-state index in [0.29, 0.717) is 23.7 Å². The van der Waals surface area contributed by atoms with Crippen LogP contribution in [0.5, 0.6) is 0 Å². The number of nitrogens with one attached hydrogen (secondary N) is 1. The van der Waals surface area contributed by atoms with Crippen LogP contribution in [0.1, 0.15) is 41.3 Å². The molecule has 1 N–H and O–H groups in total. The number of carbonyl (C=O) groups is 1. The standard InChI is InChI=1S/C28H27ClN4O3S/c1-2-3-15-32(28-31-26(19-37-28)22-11-13-25(14-12-22)33(35)36)18-20-7-9-23(10-8-20)27(34)30-17-21-5-4-6-24(29)16-21/h4-14,16,19H,2-3,15,17-18H2,1H3,(H,30,34). The number of halogens is 1. The minimum Gasteiger partial charge on any atom is -0.348 e. The smallest absolute Gasteiger partial charge is 0.269 e. The molecule has 0 saturated heterocycles. The summed E-state index contributed by atoms with van der Waals surface area (Å²) in [5, 5.41) is 17.4. The van der Waals surface area contributed by atoms with Crippen molar-refractivity contribution < 1.29 is 9.72 Å². The molecular formula is C28H27ClN4O3S. The van der Waals surface area contributed by atoms with Gasteiger partial charge in [0.2, 0.25) is 0 Å². The van der Waals surface area contributed by atoms with Crippen LogP contribution in [-0.4, -0.2) is 22.4 Å². The fourth-order valence-corrected chi connectivity index (χ4v) is 4.88. The van der Waals surface area contributed by atoms with Crippen LogP contribution in [0.4, 0.5) is 10.8 Å². The number of rotatable bonds is 11. The van der Waals surface area contributed by atoms with Crippen molar-refractivity contribution in [1.82, 2.24) is 10.3 Å². The number of benzene rings is 3. The Morgan fingerprint density at radius 3 is 2.51 bits per heavy atom. The number of unbranched alkanes of at least 4 members (excludes halogenated alkanes) is 1. The molecule has 0 unspecified atom stereocenters. The highest BCUT2D eigenvalue weighted by molar-refractivity contribution is 7.14. The number of hydrogen-bond donors (Lipinski definition) is 1. The van der Waals surface area contributed by atoms with Gasteiger partial charge in [-0.15, -0.1) is 11.3 Å². The Labute approximate surface area is 224 Å². The summed E-state index contributed by atoms with van der Waals surface area (Å²) in [6.07, 6.45) is 2.08. The van der Waals surface area contributed by atoms with Crippen molar-refractivity contribution in [3.05, 3.63) is 110 Å². The lowest BCUT2D eigenvalue weighted by Gasteiger charge is -2.22. The monoisotopic (exact) mass is 534 g/mol. The highest BCUT2D eigenvalue weighted by Gasteiger charge is 2.14. The van der Waals surface area contributed by atoms with Crippen molar-refractivity contribution in [2.24, 2.45) is 0 Å². The molecule has 37 heavy (non-hydrogen) atoms. The maximum absolute atomic E-state index is 12.6. The number of amides is 1. The Balaban J connectivity index is 1.42. The van der Waals surface area contributed by atoms with E-state index in [4.69, 9.17) is 16.6 Å². The van der Waals surface area contributed by atoms with Gasteiger partial charge in [-0.1, -0.05) is 49.2 Å². The number of aromatic nitrogens is 1. The molecule has 0 spiro atoms. The lowest BCUT2D eigenvalue weighted by molar-refractivity contribution is -0.384. The quantitative estimate of drug-likeness (QED) is 0.164. The van der Waals surface area contributed by atoms with Crippen molar-refractivity contribution in [3.63, 3.8) is 0 Å². The molecule has 4 rings (SSSR count). The van der Waals surface area contributed by atoms with Gasteiger partial charge < -0.3 is 10.2 Å². The minimum atomic E-state index is -0.406. The molecule has 1 amide bonds. The number of anilines is 1. The van der Waals surface area contributed by atoms with Gasteiger partial charge in [-0.2, -0.15) is 0 Å². The van der Waals surface area contributed by atoms with Crippen molar-refractivity contribution in [1.29, 1.82) is 0 Å². The predicted octanol–water partition coefficient (Wildman–Crippen LogP) is 7.11. The van der Waals surface area contributed by atoms with Gasteiger partial charge in [0.25, 0.3) is 11.6 Å². The summed E-state index contributed by atoms with van der Waals surface area (Å²) < 4.78 is 0. The molecule has 0 bridgehead atoms. The Bertz CT molecular complexity index is 1360. The largest absolute Gasteiger partial charge is 0.348 e. The van der Waals surface area contributed by atoms with Gasteiger partial charge in [0.1, 0.15) is 0 Å². The molecular weight excluding hydrogens is 508 g/mol. The van der Waals surface area contributed by atoms with E-state index in [1.54, 1.807) is 29.5 Å². The highest BCUT2D eigenvalue weighted by atomic mass is 35.5. The van der Waals surface area contributed by atoms with Crippen LogP contribution in [0.15, 0.2) is 78.2 Å². The van der Waals surface area contributed by atoms with E-state index in [2.05, 4.69) is 17.1 Å². The van der Waals surface area contributed by atoms with E-state index in [0.717, 1.165) is 46.9 Å². The third-order valence-corrected chi connectivity index (χ3v) is 6.99. The van der Waals surface area contributed by atoms with E-state index in [1.807, 2.05) is 47.8 Å². The van der Waals surface area contributed by atoms with Crippen LogP contribution < -0.4 is 10.2 Å². The first-order chi connectivity index (χ1) is 17.9. The molecule has 0 aliphatic rings. The summed E-state index contributed by atoms with van der Waals surface area (Å²) in [7, 11) is 0. The Hall–Kier alpha value is -3.75. The van der Waals surface area contributed by atoms with Crippen molar-refractivity contribution in [3.8, 4) is 11.3 Å². The molecule has 0 aliphatic carbocycles. The van der Waals surface area contributed by atoms with Gasteiger partial charge in [0, 0.05) is 53.3 Å². The molecule has 9 heteroatoms. The SMILES string of the molecule is CCCCN(Cc1ccc(C(=O)NCc2cccc(Cl)c2)cc1)c1nc(-c2ccc([N+](=O)[O-])cc2)cs1. The van der Waals surface area contributed by atoms with Crippen molar-refractivity contribution >= 4 is 39.7 Å². The third-order valence-electron chi connectivity index (χ3n) is 5.85. The zero-order chi connectivity index (χ0) is 26.2. The molecule has 0 aliphatic heterocycles. The number of nitro groups is 1.